The van der Waals surface area contributed by atoms with Crippen LogP contribution in [-0.2, 0) is 6.18 Å². The largest absolute Gasteiger partial charge is 0.416 e. The molecule has 0 bridgehead atoms. The van der Waals surface area contributed by atoms with E-state index in [0.717, 1.165) is 9.64 Å². The minimum atomic E-state index is -4.27. The third kappa shape index (κ3) is 2.59. The van der Waals surface area contributed by atoms with Gasteiger partial charge in [0.15, 0.2) is 0 Å². The first-order valence-electron chi connectivity index (χ1n) is 3.35. The summed E-state index contributed by atoms with van der Waals surface area (Å²) in [6.07, 6.45) is -4.27. The van der Waals surface area contributed by atoms with Gasteiger partial charge in [0.05, 0.1) is 5.56 Å². The first-order valence-corrected chi connectivity index (χ1v) is 5.22. The van der Waals surface area contributed by atoms with Crippen LogP contribution in [0.5, 0.6) is 0 Å². The van der Waals surface area contributed by atoms with Gasteiger partial charge in [-0.15, -0.1) is 0 Å². The molecule has 0 atom stereocenters. The molecule has 0 fully saturated rings. The van der Waals surface area contributed by atoms with Crippen molar-refractivity contribution in [2.45, 2.75) is 13.1 Å². The third-order valence-corrected chi connectivity index (χ3v) is 3.86. The van der Waals surface area contributed by atoms with Crippen LogP contribution < -0.4 is 0 Å². The molecule has 5 heteroatoms. The molecule has 1 rings (SSSR count). The monoisotopic (exact) mass is 364 g/mol. The number of alkyl halides is 3. The second kappa shape index (κ2) is 3.76. The quantitative estimate of drug-likeness (QED) is 0.599. The van der Waals surface area contributed by atoms with E-state index in [4.69, 9.17) is 0 Å². The maximum absolute atomic E-state index is 12.3. The predicted octanol–water partition coefficient (Wildman–Crippen LogP) is 4.38. The zero-order valence-corrected chi connectivity index (χ0v) is 10.3. The van der Waals surface area contributed by atoms with Crippen molar-refractivity contribution in [3.8, 4) is 0 Å². The highest BCUT2D eigenvalue weighted by atomic mass is 127. The molecule has 0 N–H and O–H groups in total. The van der Waals surface area contributed by atoms with Crippen molar-refractivity contribution >= 4 is 38.5 Å². The molecule has 0 aliphatic carbocycles. The number of benzene rings is 1. The Kier molecular flexibility index (Phi) is 3.27. The fourth-order valence-electron chi connectivity index (χ4n) is 0.952. The van der Waals surface area contributed by atoms with Crippen LogP contribution in [0.1, 0.15) is 11.1 Å². The second-order valence-electron chi connectivity index (χ2n) is 2.58. The van der Waals surface area contributed by atoms with E-state index in [1.54, 1.807) is 0 Å². The molecule has 0 aromatic heterocycles. The molecule has 1 aromatic rings. The molecule has 0 saturated carbocycles. The smallest absolute Gasteiger partial charge is 0.166 e. The van der Waals surface area contributed by atoms with E-state index in [0.29, 0.717) is 4.47 Å². The molecule has 0 amide bonds. The van der Waals surface area contributed by atoms with Gasteiger partial charge in [-0.2, -0.15) is 13.2 Å². The van der Waals surface area contributed by atoms with Crippen molar-refractivity contribution in [2.75, 3.05) is 0 Å². The van der Waals surface area contributed by atoms with E-state index in [-0.39, 0.29) is 5.56 Å². The molecule has 0 aliphatic heterocycles. The van der Waals surface area contributed by atoms with Crippen molar-refractivity contribution in [2.24, 2.45) is 0 Å². The Morgan fingerprint density at radius 1 is 1.31 bits per heavy atom. The van der Waals surface area contributed by atoms with E-state index in [1.807, 2.05) is 22.6 Å². The summed E-state index contributed by atoms with van der Waals surface area (Å²) >= 11 is 5.05. The molecule has 0 heterocycles. The summed E-state index contributed by atoms with van der Waals surface area (Å²) in [6.45, 7) is 1.46. The minimum Gasteiger partial charge on any atom is -0.166 e. The topological polar surface area (TPSA) is 0 Å². The molecule has 0 radical (unpaired) electrons. The van der Waals surface area contributed by atoms with Crippen molar-refractivity contribution in [3.63, 3.8) is 0 Å². The molecular formula is C8H5BrF3I. The summed E-state index contributed by atoms with van der Waals surface area (Å²) in [5, 5.41) is 0. The van der Waals surface area contributed by atoms with Gasteiger partial charge in [0, 0.05) is 8.04 Å². The minimum absolute atomic E-state index is 0.250. The summed E-state index contributed by atoms with van der Waals surface area (Å²) < 4.78 is 38.3. The van der Waals surface area contributed by atoms with Gasteiger partial charge in [-0.05, 0) is 63.1 Å². The van der Waals surface area contributed by atoms with Crippen LogP contribution in [0.4, 0.5) is 13.2 Å². The Labute approximate surface area is 95.8 Å². The van der Waals surface area contributed by atoms with Gasteiger partial charge in [-0.25, -0.2) is 0 Å². The van der Waals surface area contributed by atoms with Gasteiger partial charge in [0.2, 0.25) is 0 Å². The molecule has 0 nitrogen and oxygen atoms in total. The Hall–Kier alpha value is 0.220. The van der Waals surface area contributed by atoms with Crippen LogP contribution in [0.15, 0.2) is 16.6 Å². The normalized spacial score (nSPS) is 11.8. The van der Waals surface area contributed by atoms with Crippen molar-refractivity contribution in [1.29, 1.82) is 0 Å². The maximum Gasteiger partial charge on any atom is 0.416 e. The number of rotatable bonds is 0. The average Bonchev–Trinajstić information content (AvgIpc) is 1.94. The molecule has 0 unspecified atom stereocenters. The number of halogens is 5. The summed E-state index contributed by atoms with van der Waals surface area (Å²) in [7, 11) is 0. The van der Waals surface area contributed by atoms with Crippen LogP contribution >= 0.6 is 38.5 Å². The molecule has 1 aromatic carbocycles. The highest BCUT2D eigenvalue weighted by Crippen LogP contribution is 2.35. The lowest BCUT2D eigenvalue weighted by Gasteiger charge is -2.11. The summed E-state index contributed by atoms with van der Waals surface area (Å²) in [5.74, 6) is 0. The first kappa shape index (κ1) is 11.3. The zero-order chi connectivity index (χ0) is 10.2. The molecule has 72 valence electrons. The van der Waals surface area contributed by atoms with Gasteiger partial charge < -0.3 is 0 Å². The van der Waals surface area contributed by atoms with Crippen LogP contribution in [-0.4, -0.2) is 0 Å². The molecule has 13 heavy (non-hydrogen) atoms. The van der Waals surface area contributed by atoms with Gasteiger partial charge in [0.1, 0.15) is 0 Å². The fraction of sp³-hybridized carbons (Fsp3) is 0.250. The lowest BCUT2D eigenvalue weighted by Crippen LogP contribution is -2.07. The van der Waals surface area contributed by atoms with Crippen molar-refractivity contribution in [3.05, 3.63) is 31.3 Å². The lowest BCUT2D eigenvalue weighted by molar-refractivity contribution is -0.138. The van der Waals surface area contributed by atoms with E-state index in [2.05, 4.69) is 15.9 Å². The predicted molar refractivity (Wildman–Crippen MR) is 56.6 cm³/mol. The van der Waals surface area contributed by atoms with Crippen LogP contribution in [0, 0.1) is 10.5 Å². The Balaban J connectivity index is 3.32. The summed E-state index contributed by atoms with van der Waals surface area (Å²) in [4.78, 5) is 0. The summed E-state index contributed by atoms with van der Waals surface area (Å²) in [5.41, 5.74) is -0.333. The summed E-state index contributed by atoms with van der Waals surface area (Å²) in [6, 6.07) is 2.62. The standard InChI is InChI=1S/C8H5BrF3I/c1-4-2-7(13)6(9)3-5(4)8(10,11)12/h2-3H,1H3. The Morgan fingerprint density at radius 2 is 1.85 bits per heavy atom. The van der Waals surface area contributed by atoms with E-state index in [1.165, 1.54) is 13.0 Å². The van der Waals surface area contributed by atoms with Crippen LogP contribution in [0.3, 0.4) is 0 Å². The highest BCUT2D eigenvalue weighted by Gasteiger charge is 2.32. The van der Waals surface area contributed by atoms with E-state index < -0.39 is 11.7 Å². The van der Waals surface area contributed by atoms with Gasteiger partial charge in [-0.1, -0.05) is 0 Å². The number of hydrogen-bond acceptors (Lipinski definition) is 0. The van der Waals surface area contributed by atoms with E-state index in [9.17, 15) is 13.2 Å². The van der Waals surface area contributed by atoms with Crippen LogP contribution in [0.25, 0.3) is 0 Å². The number of aryl methyl sites for hydroxylation is 1. The van der Waals surface area contributed by atoms with Crippen molar-refractivity contribution in [1.82, 2.24) is 0 Å². The fourth-order valence-corrected chi connectivity index (χ4v) is 1.92. The van der Waals surface area contributed by atoms with Gasteiger partial charge in [0.25, 0.3) is 0 Å². The second-order valence-corrected chi connectivity index (χ2v) is 4.60. The zero-order valence-electron chi connectivity index (χ0n) is 6.54. The third-order valence-electron chi connectivity index (χ3n) is 1.57. The highest BCUT2D eigenvalue weighted by molar-refractivity contribution is 14.1. The van der Waals surface area contributed by atoms with Gasteiger partial charge in [-0.3, -0.25) is 0 Å². The SMILES string of the molecule is Cc1cc(I)c(Br)cc1C(F)(F)F. The molecule has 0 saturated heterocycles. The number of hydrogen-bond donors (Lipinski definition) is 0. The molecule has 0 aliphatic rings. The van der Waals surface area contributed by atoms with Crippen LogP contribution in [0.2, 0.25) is 0 Å². The van der Waals surface area contributed by atoms with Crippen molar-refractivity contribution < 1.29 is 13.2 Å². The van der Waals surface area contributed by atoms with Gasteiger partial charge >= 0.3 is 6.18 Å². The maximum atomic E-state index is 12.3. The first-order chi connectivity index (χ1) is 5.82. The lowest BCUT2D eigenvalue weighted by atomic mass is 10.1. The molecular weight excluding hydrogens is 360 g/mol. The Bertz CT molecular complexity index is 333. The molecule has 0 spiro atoms. The van der Waals surface area contributed by atoms with E-state index >= 15 is 0 Å². The Morgan fingerprint density at radius 3 is 2.31 bits per heavy atom. The average molecular weight is 365 g/mol.